The van der Waals surface area contributed by atoms with E-state index in [9.17, 15) is 14.0 Å². The highest BCUT2D eigenvalue weighted by Gasteiger charge is 2.22. The number of hydrogen-bond acceptors (Lipinski definition) is 7. The van der Waals surface area contributed by atoms with Crippen molar-refractivity contribution in [3.63, 3.8) is 0 Å². The van der Waals surface area contributed by atoms with Crippen molar-refractivity contribution >= 4 is 5.91 Å². The van der Waals surface area contributed by atoms with Gasteiger partial charge in [-0.05, 0) is 18.2 Å². The first-order valence-corrected chi connectivity index (χ1v) is 8.67. The van der Waals surface area contributed by atoms with Crippen LogP contribution in [0.1, 0.15) is 21.7 Å². The molecule has 1 aliphatic heterocycles. The number of aromatic nitrogens is 4. The summed E-state index contributed by atoms with van der Waals surface area (Å²) < 4.78 is 25.7. The first kappa shape index (κ1) is 18.7. The van der Waals surface area contributed by atoms with Gasteiger partial charge in [-0.25, -0.2) is 19.3 Å². The van der Waals surface area contributed by atoms with Crippen molar-refractivity contribution in [1.29, 1.82) is 0 Å². The quantitative estimate of drug-likeness (QED) is 0.704. The van der Waals surface area contributed by atoms with E-state index >= 15 is 0 Å². The minimum absolute atomic E-state index is 0.0179. The summed E-state index contributed by atoms with van der Waals surface area (Å²) in [6.07, 6.45) is 2.90. The molecule has 3 aromatic rings. The summed E-state index contributed by atoms with van der Waals surface area (Å²) in [6, 6.07) is 5.35. The summed E-state index contributed by atoms with van der Waals surface area (Å²) in [4.78, 5) is 37.3. The average Bonchev–Trinajstić information content (AvgIpc) is 2.74. The Bertz CT molecular complexity index is 1130. The smallest absolute Gasteiger partial charge is 0.255 e. The Morgan fingerprint density at radius 2 is 2.17 bits per heavy atom. The molecule has 1 amide bonds. The van der Waals surface area contributed by atoms with Gasteiger partial charge in [-0.2, -0.15) is 0 Å². The van der Waals surface area contributed by atoms with Gasteiger partial charge in [0.25, 0.3) is 11.5 Å². The number of carbonyl (C=O) groups is 1. The fourth-order valence-electron chi connectivity index (χ4n) is 2.92. The van der Waals surface area contributed by atoms with Crippen LogP contribution in [0.2, 0.25) is 0 Å². The van der Waals surface area contributed by atoms with Crippen LogP contribution in [0, 0.1) is 5.82 Å². The van der Waals surface area contributed by atoms with E-state index in [0.717, 1.165) is 6.07 Å². The molecule has 0 aliphatic carbocycles. The molecule has 4 rings (SSSR count). The van der Waals surface area contributed by atoms with E-state index in [2.05, 4.69) is 20.3 Å². The minimum atomic E-state index is -0.570. The predicted molar refractivity (Wildman–Crippen MR) is 98.4 cm³/mol. The summed E-state index contributed by atoms with van der Waals surface area (Å²) in [5, 5.41) is 2.66. The first-order valence-electron chi connectivity index (χ1n) is 8.67. The molecular weight excluding hydrogens is 381 g/mol. The normalized spacial score (nSPS) is 12.8. The van der Waals surface area contributed by atoms with E-state index < -0.39 is 11.7 Å². The SMILES string of the molecule is Cn1c(CNC(=O)c2cc(F)cc3c2OCOC3)nc(-c2ccncn2)cc1=O. The Labute approximate surface area is 164 Å². The molecule has 0 saturated heterocycles. The molecule has 0 radical (unpaired) electrons. The molecule has 0 fully saturated rings. The van der Waals surface area contributed by atoms with Crippen molar-refractivity contribution < 1.29 is 18.7 Å². The number of fused-ring (bicyclic) bond motifs is 1. The van der Waals surface area contributed by atoms with E-state index in [1.54, 1.807) is 19.3 Å². The Kier molecular flexibility index (Phi) is 5.00. The zero-order valence-electron chi connectivity index (χ0n) is 15.4. The van der Waals surface area contributed by atoms with Crippen molar-refractivity contribution in [3.8, 4) is 17.1 Å². The molecule has 0 spiro atoms. The molecule has 0 saturated carbocycles. The second kappa shape index (κ2) is 7.76. The number of ether oxygens (including phenoxy) is 2. The molecule has 29 heavy (non-hydrogen) atoms. The van der Waals surface area contributed by atoms with Crippen molar-refractivity contribution in [1.82, 2.24) is 24.8 Å². The Morgan fingerprint density at radius 1 is 1.31 bits per heavy atom. The molecule has 3 heterocycles. The second-order valence-corrected chi connectivity index (χ2v) is 6.28. The number of halogens is 1. The van der Waals surface area contributed by atoms with Crippen LogP contribution in [0.15, 0.2) is 41.6 Å². The van der Waals surface area contributed by atoms with Crippen molar-refractivity contribution in [3.05, 3.63) is 69.9 Å². The number of rotatable bonds is 4. The van der Waals surface area contributed by atoms with Crippen LogP contribution in [-0.2, 0) is 24.9 Å². The van der Waals surface area contributed by atoms with Crippen molar-refractivity contribution in [2.75, 3.05) is 6.79 Å². The fraction of sp³-hybridized carbons (Fsp3) is 0.211. The van der Waals surface area contributed by atoms with Gasteiger partial charge < -0.3 is 14.8 Å². The molecule has 2 aromatic heterocycles. The largest absolute Gasteiger partial charge is 0.466 e. The third-order valence-electron chi connectivity index (χ3n) is 4.40. The summed E-state index contributed by atoms with van der Waals surface area (Å²) in [7, 11) is 1.55. The Hall–Kier alpha value is -3.66. The lowest BCUT2D eigenvalue weighted by Crippen LogP contribution is -2.30. The lowest BCUT2D eigenvalue weighted by Gasteiger charge is -2.20. The lowest BCUT2D eigenvalue weighted by molar-refractivity contribution is -0.0170. The topological polar surface area (TPSA) is 108 Å². The minimum Gasteiger partial charge on any atom is -0.466 e. The summed E-state index contributed by atoms with van der Waals surface area (Å²) in [6.45, 7) is 0.0889. The van der Waals surface area contributed by atoms with Crippen LogP contribution in [0.4, 0.5) is 4.39 Å². The van der Waals surface area contributed by atoms with Crippen LogP contribution >= 0.6 is 0 Å². The molecule has 0 atom stereocenters. The van der Waals surface area contributed by atoms with Gasteiger partial charge in [0.2, 0.25) is 0 Å². The molecule has 1 aromatic carbocycles. The van der Waals surface area contributed by atoms with Gasteiger partial charge in [0, 0.05) is 24.9 Å². The molecule has 1 aliphatic rings. The van der Waals surface area contributed by atoms with E-state index in [-0.39, 0.29) is 36.8 Å². The number of amides is 1. The summed E-state index contributed by atoms with van der Waals surface area (Å²) in [5.74, 6) is -0.524. The molecule has 148 valence electrons. The number of nitrogens with one attached hydrogen (secondary N) is 1. The molecular formula is C19H16FN5O4. The fourth-order valence-corrected chi connectivity index (χ4v) is 2.92. The maximum atomic E-state index is 13.9. The maximum absolute atomic E-state index is 13.9. The van der Waals surface area contributed by atoms with Crippen molar-refractivity contribution in [2.24, 2.45) is 7.05 Å². The van der Waals surface area contributed by atoms with Crippen LogP contribution in [-0.4, -0.2) is 32.2 Å². The summed E-state index contributed by atoms with van der Waals surface area (Å²) in [5.41, 5.74) is 1.06. The van der Waals surface area contributed by atoms with Gasteiger partial charge in [0.1, 0.15) is 23.7 Å². The number of benzene rings is 1. The highest BCUT2D eigenvalue weighted by atomic mass is 19.1. The number of carbonyl (C=O) groups excluding carboxylic acids is 1. The van der Waals surface area contributed by atoms with Gasteiger partial charge in [-0.1, -0.05) is 0 Å². The standard InChI is InChI=1S/C19H16FN5O4/c1-25-16(24-15(6-17(25)26)14-2-3-21-9-23-14)7-22-19(27)13-5-12(20)4-11-8-28-10-29-18(11)13/h2-6,9H,7-8,10H2,1H3,(H,22,27). The van der Waals surface area contributed by atoms with E-state index in [1.165, 1.54) is 23.0 Å². The summed E-state index contributed by atoms with van der Waals surface area (Å²) >= 11 is 0. The van der Waals surface area contributed by atoms with Gasteiger partial charge in [0.15, 0.2) is 6.79 Å². The Balaban J connectivity index is 1.60. The Morgan fingerprint density at radius 3 is 2.97 bits per heavy atom. The number of nitrogens with zero attached hydrogens (tertiary/aromatic N) is 4. The highest BCUT2D eigenvalue weighted by Crippen LogP contribution is 2.29. The van der Waals surface area contributed by atoms with Gasteiger partial charge in [0.05, 0.1) is 30.1 Å². The van der Waals surface area contributed by atoms with Crippen LogP contribution in [0.25, 0.3) is 11.4 Å². The van der Waals surface area contributed by atoms with E-state index in [0.29, 0.717) is 22.8 Å². The second-order valence-electron chi connectivity index (χ2n) is 6.28. The zero-order chi connectivity index (χ0) is 20.4. The average molecular weight is 397 g/mol. The molecule has 9 nitrogen and oxygen atoms in total. The molecule has 1 N–H and O–H groups in total. The number of hydrogen-bond donors (Lipinski definition) is 1. The molecule has 0 bridgehead atoms. The highest BCUT2D eigenvalue weighted by molar-refractivity contribution is 5.97. The first-order chi connectivity index (χ1) is 14.0. The van der Waals surface area contributed by atoms with Crippen LogP contribution < -0.4 is 15.6 Å². The predicted octanol–water partition coefficient (Wildman–Crippen LogP) is 1.17. The van der Waals surface area contributed by atoms with Gasteiger partial charge in [-0.3, -0.25) is 14.2 Å². The van der Waals surface area contributed by atoms with Gasteiger partial charge in [-0.15, -0.1) is 0 Å². The monoisotopic (exact) mass is 397 g/mol. The van der Waals surface area contributed by atoms with Crippen molar-refractivity contribution in [2.45, 2.75) is 13.2 Å². The van der Waals surface area contributed by atoms with Gasteiger partial charge >= 0.3 is 0 Å². The van der Waals surface area contributed by atoms with E-state index in [1.807, 2.05) is 0 Å². The lowest BCUT2D eigenvalue weighted by atomic mass is 10.1. The van der Waals surface area contributed by atoms with Crippen LogP contribution in [0.3, 0.4) is 0 Å². The third kappa shape index (κ3) is 3.83. The zero-order valence-corrected chi connectivity index (χ0v) is 15.4. The maximum Gasteiger partial charge on any atom is 0.255 e. The van der Waals surface area contributed by atoms with E-state index in [4.69, 9.17) is 9.47 Å². The third-order valence-corrected chi connectivity index (χ3v) is 4.40. The molecule has 10 heteroatoms. The molecule has 0 unspecified atom stereocenters. The van der Waals surface area contributed by atoms with Crippen LogP contribution in [0.5, 0.6) is 5.75 Å².